The summed E-state index contributed by atoms with van der Waals surface area (Å²) < 4.78 is 42.5. The highest BCUT2D eigenvalue weighted by atomic mass is 32.2. The first-order valence-electron chi connectivity index (χ1n) is 7.25. The van der Waals surface area contributed by atoms with E-state index in [2.05, 4.69) is 0 Å². The molecule has 21 heavy (non-hydrogen) atoms. The molecule has 1 aromatic rings. The van der Waals surface area contributed by atoms with Gasteiger partial charge >= 0.3 is 0 Å². The zero-order chi connectivity index (χ0) is 15.9. The second-order valence-corrected chi connectivity index (χ2v) is 7.40. The van der Waals surface area contributed by atoms with Gasteiger partial charge < -0.3 is 10.5 Å². The third kappa shape index (κ3) is 6.01. The average Bonchev–Trinajstić information content (AvgIpc) is 2.41. The van der Waals surface area contributed by atoms with E-state index in [9.17, 15) is 12.8 Å². The number of nitrogens with two attached hydrogens (primary N) is 1. The van der Waals surface area contributed by atoms with Crippen molar-refractivity contribution in [3.05, 3.63) is 29.6 Å². The molecule has 0 aromatic heterocycles. The molecular weight excluding hydrogens is 293 g/mol. The maximum atomic E-state index is 13.9. The van der Waals surface area contributed by atoms with Gasteiger partial charge in [0.05, 0.1) is 11.5 Å². The second kappa shape index (κ2) is 8.34. The molecule has 0 aliphatic rings. The third-order valence-corrected chi connectivity index (χ3v) is 5.03. The SMILES string of the molecule is CCCS(=O)(=O)CCOc1c(F)cccc1CC(N)CC. The van der Waals surface area contributed by atoms with Crippen molar-refractivity contribution >= 4 is 9.84 Å². The summed E-state index contributed by atoms with van der Waals surface area (Å²) in [6.45, 7) is 3.72. The minimum absolute atomic E-state index is 0.0440. The van der Waals surface area contributed by atoms with E-state index in [1.165, 1.54) is 6.07 Å². The average molecular weight is 317 g/mol. The van der Waals surface area contributed by atoms with Gasteiger partial charge in [-0.2, -0.15) is 0 Å². The van der Waals surface area contributed by atoms with Gasteiger partial charge in [-0.15, -0.1) is 0 Å². The summed E-state index contributed by atoms with van der Waals surface area (Å²) >= 11 is 0. The number of halogens is 1. The fraction of sp³-hybridized carbons (Fsp3) is 0.600. The number of rotatable bonds is 9. The Bertz CT molecular complexity index is 546. The van der Waals surface area contributed by atoms with E-state index in [0.717, 1.165) is 6.42 Å². The number of sulfone groups is 1. The van der Waals surface area contributed by atoms with Crippen molar-refractivity contribution in [3.8, 4) is 5.75 Å². The zero-order valence-electron chi connectivity index (χ0n) is 12.6. The first-order chi connectivity index (χ1) is 9.89. The number of para-hydroxylation sites is 1. The highest BCUT2D eigenvalue weighted by molar-refractivity contribution is 7.91. The molecular formula is C15H24FNO3S. The maximum Gasteiger partial charge on any atom is 0.165 e. The van der Waals surface area contributed by atoms with Crippen molar-refractivity contribution in [2.45, 2.75) is 39.2 Å². The Morgan fingerprint density at radius 1 is 1.29 bits per heavy atom. The molecule has 6 heteroatoms. The van der Waals surface area contributed by atoms with Crippen molar-refractivity contribution in [2.75, 3.05) is 18.1 Å². The largest absolute Gasteiger partial charge is 0.489 e. The number of ether oxygens (including phenoxy) is 1. The lowest BCUT2D eigenvalue weighted by Crippen LogP contribution is -2.22. The summed E-state index contributed by atoms with van der Waals surface area (Å²) in [4.78, 5) is 0. The number of hydrogen-bond donors (Lipinski definition) is 1. The topological polar surface area (TPSA) is 69.4 Å². The Labute approximate surface area is 126 Å². The van der Waals surface area contributed by atoms with E-state index in [-0.39, 0.29) is 29.9 Å². The van der Waals surface area contributed by atoms with E-state index in [1.807, 2.05) is 6.92 Å². The molecule has 0 fully saturated rings. The standard InChI is InChI=1S/C15H24FNO3S/c1-3-9-21(18,19)10-8-20-15-12(11-13(17)4-2)6-5-7-14(15)16/h5-7,13H,3-4,8-11,17H2,1-2H3. The Kier molecular flexibility index (Phi) is 7.11. The molecule has 0 saturated heterocycles. The summed E-state index contributed by atoms with van der Waals surface area (Å²) in [5, 5.41) is 0. The summed E-state index contributed by atoms with van der Waals surface area (Å²) in [6, 6.07) is 4.59. The van der Waals surface area contributed by atoms with E-state index >= 15 is 0 Å². The van der Waals surface area contributed by atoms with Crippen LogP contribution in [0.4, 0.5) is 4.39 Å². The molecule has 0 aliphatic heterocycles. The van der Waals surface area contributed by atoms with Crippen LogP contribution >= 0.6 is 0 Å². The summed E-state index contributed by atoms with van der Waals surface area (Å²) in [7, 11) is -3.13. The minimum Gasteiger partial charge on any atom is -0.489 e. The number of hydrogen-bond acceptors (Lipinski definition) is 4. The van der Waals surface area contributed by atoms with Crippen LogP contribution < -0.4 is 10.5 Å². The van der Waals surface area contributed by atoms with Crippen LogP contribution in [-0.2, 0) is 16.3 Å². The molecule has 4 nitrogen and oxygen atoms in total. The predicted octanol–water partition coefficient (Wildman–Crippen LogP) is 2.31. The number of benzene rings is 1. The van der Waals surface area contributed by atoms with Crippen LogP contribution in [0.2, 0.25) is 0 Å². The second-order valence-electron chi connectivity index (χ2n) is 5.10. The minimum atomic E-state index is -3.13. The van der Waals surface area contributed by atoms with Crippen molar-refractivity contribution < 1.29 is 17.5 Å². The van der Waals surface area contributed by atoms with Crippen LogP contribution in [0.1, 0.15) is 32.3 Å². The normalized spacial score (nSPS) is 13.1. The van der Waals surface area contributed by atoms with Crippen LogP contribution in [0.25, 0.3) is 0 Å². The fourth-order valence-electron chi connectivity index (χ4n) is 1.99. The molecule has 0 amide bonds. The lowest BCUT2D eigenvalue weighted by Gasteiger charge is -2.15. The van der Waals surface area contributed by atoms with E-state index in [0.29, 0.717) is 18.4 Å². The molecule has 0 heterocycles. The Hall–Kier alpha value is -1.14. The van der Waals surface area contributed by atoms with Gasteiger partial charge in [-0.1, -0.05) is 26.0 Å². The molecule has 0 spiro atoms. The first-order valence-corrected chi connectivity index (χ1v) is 9.08. The summed E-state index contributed by atoms with van der Waals surface area (Å²) in [6.07, 6.45) is 1.85. The molecule has 0 saturated carbocycles. The smallest absolute Gasteiger partial charge is 0.165 e. The molecule has 2 N–H and O–H groups in total. The third-order valence-electron chi connectivity index (χ3n) is 3.21. The van der Waals surface area contributed by atoms with Crippen molar-refractivity contribution in [1.29, 1.82) is 0 Å². The molecule has 0 bridgehead atoms. The lowest BCUT2D eigenvalue weighted by molar-refractivity contribution is 0.317. The van der Waals surface area contributed by atoms with Gasteiger partial charge in [0.15, 0.2) is 21.4 Å². The van der Waals surface area contributed by atoms with Crippen molar-refractivity contribution in [2.24, 2.45) is 5.73 Å². The fourth-order valence-corrected chi connectivity index (χ4v) is 3.15. The van der Waals surface area contributed by atoms with Gasteiger partial charge in [-0.25, -0.2) is 12.8 Å². The van der Waals surface area contributed by atoms with Crippen LogP contribution in [0.5, 0.6) is 5.75 Å². The predicted molar refractivity (Wildman–Crippen MR) is 82.8 cm³/mol. The first kappa shape index (κ1) is 17.9. The molecule has 1 unspecified atom stereocenters. The van der Waals surface area contributed by atoms with Crippen LogP contribution in [-0.4, -0.2) is 32.6 Å². The van der Waals surface area contributed by atoms with Crippen LogP contribution in [0, 0.1) is 5.82 Å². The highest BCUT2D eigenvalue weighted by Crippen LogP contribution is 2.24. The maximum absolute atomic E-state index is 13.9. The van der Waals surface area contributed by atoms with E-state index in [4.69, 9.17) is 10.5 Å². The Morgan fingerprint density at radius 2 is 2.00 bits per heavy atom. The molecule has 1 rings (SSSR count). The Morgan fingerprint density at radius 3 is 2.62 bits per heavy atom. The van der Waals surface area contributed by atoms with Gasteiger partial charge in [0.1, 0.15) is 6.61 Å². The molecule has 0 radical (unpaired) electrons. The highest BCUT2D eigenvalue weighted by Gasteiger charge is 2.14. The monoisotopic (exact) mass is 317 g/mol. The van der Waals surface area contributed by atoms with E-state index in [1.54, 1.807) is 19.1 Å². The van der Waals surface area contributed by atoms with Gasteiger partial charge in [0.25, 0.3) is 0 Å². The van der Waals surface area contributed by atoms with Crippen LogP contribution in [0.3, 0.4) is 0 Å². The lowest BCUT2D eigenvalue weighted by atomic mass is 10.0. The van der Waals surface area contributed by atoms with Crippen molar-refractivity contribution in [3.63, 3.8) is 0 Å². The zero-order valence-corrected chi connectivity index (χ0v) is 13.5. The molecule has 1 aromatic carbocycles. The molecule has 1 atom stereocenters. The van der Waals surface area contributed by atoms with Crippen LogP contribution in [0.15, 0.2) is 18.2 Å². The quantitative estimate of drug-likeness (QED) is 0.759. The van der Waals surface area contributed by atoms with Gasteiger partial charge in [0, 0.05) is 6.04 Å². The summed E-state index contributed by atoms with van der Waals surface area (Å²) in [5.41, 5.74) is 6.57. The Balaban J connectivity index is 2.74. The van der Waals surface area contributed by atoms with Crippen molar-refractivity contribution in [1.82, 2.24) is 0 Å². The molecule has 0 aliphatic carbocycles. The van der Waals surface area contributed by atoms with Gasteiger partial charge in [-0.05, 0) is 30.9 Å². The van der Waals surface area contributed by atoms with Gasteiger partial charge in [0.2, 0.25) is 0 Å². The van der Waals surface area contributed by atoms with Gasteiger partial charge in [-0.3, -0.25) is 0 Å². The molecule has 120 valence electrons. The van der Waals surface area contributed by atoms with E-state index < -0.39 is 15.7 Å². The summed E-state index contributed by atoms with van der Waals surface area (Å²) in [5.74, 6) is -0.341.